The van der Waals surface area contributed by atoms with Gasteiger partial charge in [-0.2, -0.15) is 4.31 Å². The van der Waals surface area contributed by atoms with Gasteiger partial charge >= 0.3 is 0 Å². The van der Waals surface area contributed by atoms with Gasteiger partial charge < -0.3 is 5.32 Å². The molecule has 3 rings (SSSR count). The Morgan fingerprint density at radius 3 is 2.26 bits per heavy atom. The number of amides is 1. The zero-order valence-corrected chi connectivity index (χ0v) is 16.4. The van der Waals surface area contributed by atoms with Gasteiger partial charge in [0, 0.05) is 13.1 Å². The molecular formula is C21H26N2O3S. The highest BCUT2D eigenvalue weighted by molar-refractivity contribution is 7.89. The third kappa shape index (κ3) is 4.96. The van der Waals surface area contributed by atoms with Gasteiger partial charge in [0.1, 0.15) is 0 Å². The summed E-state index contributed by atoms with van der Waals surface area (Å²) in [4.78, 5) is 12.6. The molecule has 0 unspecified atom stereocenters. The van der Waals surface area contributed by atoms with Crippen molar-refractivity contribution in [3.05, 3.63) is 65.7 Å². The summed E-state index contributed by atoms with van der Waals surface area (Å²) in [5.74, 6) is -0.0852. The lowest BCUT2D eigenvalue weighted by molar-refractivity contribution is -0.121. The van der Waals surface area contributed by atoms with E-state index in [2.05, 4.69) is 5.32 Å². The lowest BCUT2D eigenvalue weighted by atomic mass is 10.1. The van der Waals surface area contributed by atoms with Crippen molar-refractivity contribution >= 4 is 15.9 Å². The normalized spacial score (nSPS) is 16.6. The van der Waals surface area contributed by atoms with Gasteiger partial charge in [0.15, 0.2) is 0 Å². The third-order valence-electron chi connectivity index (χ3n) is 4.92. The second-order valence-corrected chi connectivity index (χ2v) is 8.92. The molecule has 27 heavy (non-hydrogen) atoms. The van der Waals surface area contributed by atoms with E-state index in [0.29, 0.717) is 18.0 Å². The van der Waals surface area contributed by atoms with Crippen LogP contribution in [0.25, 0.3) is 0 Å². The Kier molecular flexibility index (Phi) is 6.29. The van der Waals surface area contributed by atoms with Crippen molar-refractivity contribution in [1.82, 2.24) is 9.62 Å². The average molecular weight is 387 g/mol. The number of hydrogen-bond acceptors (Lipinski definition) is 3. The quantitative estimate of drug-likeness (QED) is 0.828. The maximum Gasteiger partial charge on any atom is 0.243 e. The fourth-order valence-corrected chi connectivity index (χ4v) is 4.85. The fourth-order valence-electron chi connectivity index (χ4n) is 3.34. The van der Waals surface area contributed by atoms with Crippen molar-refractivity contribution < 1.29 is 13.2 Å². The minimum atomic E-state index is -3.43. The van der Waals surface area contributed by atoms with Crippen LogP contribution in [0.1, 0.15) is 43.4 Å². The molecule has 1 amide bonds. The molecule has 0 spiro atoms. The molecular weight excluding hydrogens is 360 g/mol. The average Bonchev–Trinajstić information content (AvgIpc) is 2.69. The molecule has 1 fully saturated rings. The Morgan fingerprint density at radius 2 is 1.63 bits per heavy atom. The maximum atomic E-state index is 12.7. The molecule has 1 atom stereocenters. The summed E-state index contributed by atoms with van der Waals surface area (Å²) in [6.45, 7) is 3.12. The van der Waals surface area contributed by atoms with Gasteiger partial charge in [0.25, 0.3) is 0 Å². The van der Waals surface area contributed by atoms with Gasteiger partial charge in [-0.05, 0) is 43.0 Å². The summed E-state index contributed by atoms with van der Waals surface area (Å²) < 4.78 is 26.9. The van der Waals surface area contributed by atoms with E-state index in [-0.39, 0.29) is 18.4 Å². The molecule has 0 radical (unpaired) electrons. The van der Waals surface area contributed by atoms with Crippen molar-refractivity contribution in [3.8, 4) is 0 Å². The van der Waals surface area contributed by atoms with E-state index < -0.39 is 10.0 Å². The highest BCUT2D eigenvalue weighted by Crippen LogP contribution is 2.21. The lowest BCUT2D eigenvalue weighted by Crippen LogP contribution is -2.35. The summed E-state index contributed by atoms with van der Waals surface area (Å²) in [5, 5.41) is 2.98. The molecule has 1 heterocycles. The molecule has 0 saturated carbocycles. The molecule has 2 aromatic carbocycles. The van der Waals surface area contributed by atoms with Crippen LogP contribution in [0.2, 0.25) is 0 Å². The summed E-state index contributed by atoms with van der Waals surface area (Å²) in [6, 6.07) is 16.4. The van der Waals surface area contributed by atoms with Crippen LogP contribution in [0.5, 0.6) is 0 Å². The first-order valence-electron chi connectivity index (χ1n) is 9.40. The number of hydrogen-bond donors (Lipinski definition) is 1. The molecule has 1 N–H and O–H groups in total. The minimum Gasteiger partial charge on any atom is -0.349 e. The van der Waals surface area contributed by atoms with Crippen LogP contribution in [-0.4, -0.2) is 31.7 Å². The van der Waals surface area contributed by atoms with E-state index in [4.69, 9.17) is 0 Å². The third-order valence-corrected chi connectivity index (χ3v) is 6.83. The van der Waals surface area contributed by atoms with Crippen molar-refractivity contribution in [2.24, 2.45) is 0 Å². The molecule has 0 aliphatic carbocycles. The Balaban J connectivity index is 1.61. The first-order chi connectivity index (χ1) is 13.0. The summed E-state index contributed by atoms with van der Waals surface area (Å²) in [5.41, 5.74) is 1.85. The van der Waals surface area contributed by atoms with Gasteiger partial charge in [0.05, 0.1) is 17.4 Å². The predicted molar refractivity (Wildman–Crippen MR) is 106 cm³/mol. The number of piperidine rings is 1. The second kappa shape index (κ2) is 8.67. The summed E-state index contributed by atoms with van der Waals surface area (Å²) in [6.07, 6.45) is 3.14. The van der Waals surface area contributed by atoms with Gasteiger partial charge in [0.2, 0.25) is 15.9 Å². The molecule has 2 aromatic rings. The van der Waals surface area contributed by atoms with E-state index in [0.717, 1.165) is 30.4 Å². The van der Waals surface area contributed by atoms with E-state index in [1.807, 2.05) is 37.3 Å². The largest absolute Gasteiger partial charge is 0.349 e. The van der Waals surface area contributed by atoms with Crippen LogP contribution in [0.4, 0.5) is 0 Å². The fraction of sp³-hybridized carbons (Fsp3) is 0.381. The molecule has 1 saturated heterocycles. The summed E-state index contributed by atoms with van der Waals surface area (Å²) in [7, 11) is -3.43. The Bertz CT molecular complexity index is 858. The number of benzene rings is 2. The molecule has 1 aliphatic heterocycles. The second-order valence-electron chi connectivity index (χ2n) is 6.99. The van der Waals surface area contributed by atoms with Gasteiger partial charge in [-0.1, -0.05) is 48.9 Å². The van der Waals surface area contributed by atoms with E-state index in [1.165, 1.54) is 0 Å². The number of carbonyl (C=O) groups excluding carboxylic acids is 1. The zero-order valence-electron chi connectivity index (χ0n) is 15.6. The lowest BCUT2D eigenvalue weighted by Gasteiger charge is -2.25. The highest BCUT2D eigenvalue weighted by Gasteiger charge is 2.25. The van der Waals surface area contributed by atoms with Crippen molar-refractivity contribution in [2.45, 2.75) is 43.5 Å². The molecule has 144 valence electrons. The van der Waals surface area contributed by atoms with E-state index in [1.54, 1.807) is 28.6 Å². The van der Waals surface area contributed by atoms with Crippen LogP contribution in [0.15, 0.2) is 59.5 Å². The van der Waals surface area contributed by atoms with Gasteiger partial charge in [-0.25, -0.2) is 8.42 Å². The summed E-state index contributed by atoms with van der Waals surface area (Å²) >= 11 is 0. The van der Waals surface area contributed by atoms with Crippen molar-refractivity contribution in [1.29, 1.82) is 0 Å². The topological polar surface area (TPSA) is 66.5 Å². The molecule has 5 nitrogen and oxygen atoms in total. The van der Waals surface area contributed by atoms with E-state index in [9.17, 15) is 13.2 Å². The number of nitrogens with one attached hydrogen (secondary N) is 1. The minimum absolute atomic E-state index is 0.0718. The Morgan fingerprint density at radius 1 is 1.00 bits per heavy atom. The van der Waals surface area contributed by atoms with Crippen molar-refractivity contribution in [3.63, 3.8) is 0 Å². The van der Waals surface area contributed by atoms with Crippen LogP contribution < -0.4 is 5.32 Å². The smallest absolute Gasteiger partial charge is 0.243 e. The molecule has 1 aliphatic rings. The van der Waals surface area contributed by atoms with E-state index >= 15 is 0 Å². The van der Waals surface area contributed by atoms with Crippen LogP contribution >= 0.6 is 0 Å². The van der Waals surface area contributed by atoms with Gasteiger partial charge in [-0.3, -0.25) is 4.79 Å². The molecule has 0 aromatic heterocycles. The van der Waals surface area contributed by atoms with Gasteiger partial charge in [-0.15, -0.1) is 0 Å². The first-order valence-corrected chi connectivity index (χ1v) is 10.8. The monoisotopic (exact) mass is 386 g/mol. The predicted octanol–water partition coefficient (Wildman–Crippen LogP) is 3.28. The standard InChI is InChI=1S/C21H26N2O3S/c1-17(19-8-4-2-5-9-19)22-21(24)16-18-10-12-20(13-11-18)27(25,26)23-14-6-3-7-15-23/h2,4-5,8-13,17H,3,6-7,14-16H2,1H3,(H,22,24)/t17-/m1/s1. The Hall–Kier alpha value is -2.18. The molecule has 6 heteroatoms. The first kappa shape index (κ1) is 19.6. The number of carbonyl (C=O) groups is 1. The maximum absolute atomic E-state index is 12.7. The SMILES string of the molecule is C[C@@H](NC(=O)Cc1ccc(S(=O)(=O)N2CCCCC2)cc1)c1ccccc1. The zero-order chi connectivity index (χ0) is 19.3. The van der Waals surface area contributed by atoms with Crippen LogP contribution in [0, 0.1) is 0 Å². The number of rotatable bonds is 6. The van der Waals surface area contributed by atoms with Crippen LogP contribution in [0.3, 0.4) is 0 Å². The number of sulfonamides is 1. The molecule has 0 bridgehead atoms. The van der Waals surface area contributed by atoms with Crippen LogP contribution in [-0.2, 0) is 21.2 Å². The highest BCUT2D eigenvalue weighted by atomic mass is 32.2. The Labute approximate surface area is 161 Å². The van der Waals surface area contributed by atoms with Crippen molar-refractivity contribution in [2.75, 3.05) is 13.1 Å². The number of nitrogens with zero attached hydrogens (tertiary/aromatic N) is 1.